The summed E-state index contributed by atoms with van der Waals surface area (Å²) in [5.41, 5.74) is 2.05. The van der Waals surface area contributed by atoms with Crippen LogP contribution in [-0.2, 0) is 11.3 Å². The average Bonchev–Trinajstić information content (AvgIpc) is 3.54. The molecule has 1 saturated carbocycles. The number of quaternary nitrogens is 1. The van der Waals surface area contributed by atoms with E-state index >= 15 is 0 Å². The molecule has 1 atom stereocenters. The highest BCUT2D eigenvalue weighted by molar-refractivity contribution is 5.81. The van der Waals surface area contributed by atoms with Gasteiger partial charge in [0.25, 0.3) is 0 Å². The number of carbonyl (C=O) groups is 1. The Morgan fingerprint density at radius 1 is 1.23 bits per heavy atom. The van der Waals surface area contributed by atoms with Gasteiger partial charge in [-0.3, -0.25) is 14.5 Å². The predicted octanol–water partition coefficient (Wildman–Crippen LogP) is 2.08. The fourth-order valence-electron chi connectivity index (χ4n) is 3.86. The molecule has 2 aliphatic rings. The number of nitrogens with zero attached hydrogens (tertiary/aromatic N) is 8. The van der Waals surface area contributed by atoms with E-state index in [1.807, 2.05) is 42.6 Å². The Bertz CT molecular complexity index is 1170. The summed E-state index contributed by atoms with van der Waals surface area (Å²) >= 11 is 0. The zero-order valence-electron chi connectivity index (χ0n) is 17.9. The Morgan fingerprint density at radius 2 is 2.00 bits per heavy atom. The van der Waals surface area contributed by atoms with Crippen molar-refractivity contribution in [3.8, 4) is 17.3 Å². The average molecular weight is 421 g/mol. The van der Waals surface area contributed by atoms with Gasteiger partial charge in [-0.1, -0.05) is 4.65 Å². The number of carbonyl (C=O) groups excluding carboxylic acids is 1. The molecule has 1 amide bonds. The molecule has 0 spiro atoms. The van der Waals surface area contributed by atoms with Gasteiger partial charge >= 0.3 is 5.88 Å². The van der Waals surface area contributed by atoms with Crippen molar-refractivity contribution in [1.82, 2.24) is 34.4 Å². The minimum absolute atomic E-state index is 0.0759. The molecule has 3 aromatic heterocycles. The molecule has 1 aliphatic carbocycles. The van der Waals surface area contributed by atoms with Crippen LogP contribution in [0.25, 0.3) is 22.6 Å². The van der Waals surface area contributed by atoms with Crippen LogP contribution in [-0.4, -0.2) is 65.2 Å². The van der Waals surface area contributed by atoms with E-state index in [9.17, 15) is 4.79 Å². The number of aryl methyl sites for hydroxylation is 2. The Kier molecular flexibility index (Phi) is 4.66. The molecule has 1 aliphatic heterocycles. The summed E-state index contributed by atoms with van der Waals surface area (Å²) in [5.74, 6) is 2.16. The third kappa shape index (κ3) is 3.63. The standard InChI is InChI=1S/C21H25N8O2/c1-4-28-18(16-10-22-14(2)23-11-16)26-17-19(28)24-12-25-20(17)31-29(3)9-5-8-27(13-29)21(30)15-6-7-15/h5,9-12,15H,4,6-8,13H2,1-3H3/q+1. The number of fused-ring (bicyclic) bond motifs is 1. The maximum Gasteiger partial charge on any atom is 0.313 e. The highest BCUT2D eigenvalue weighted by Crippen LogP contribution is 2.33. The summed E-state index contributed by atoms with van der Waals surface area (Å²) in [4.78, 5) is 42.9. The first-order valence-electron chi connectivity index (χ1n) is 10.5. The Hall–Kier alpha value is -3.40. The fraction of sp³-hybridized carbons (Fsp3) is 0.429. The van der Waals surface area contributed by atoms with Crippen LogP contribution in [0.1, 0.15) is 25.6 Å². The zero-order valence-corrected chi connectivity index (χ0v) is 17.9. The van der Waals surface area contributed by atoms with Gasteiger partial charge < -0.3 is 4.57 Å². The molecule has 4 heterocycles. The van der Waals surface area contributed by atoms with Crippen molar-refractivity contribution < 1.29 is 14.3 Å². The lowest BCUT2D eigenvalue weighted by Crippen LogP contribution is -2.54. The Labute approximate surface area is 179 Å². The summed E-state index contributed by atoms with van der Waals surface area (Å²) < 4.78 is 2.07. The van der Waals surface area contributed by atoms with Crippen molar-refractivity contribution in [2.75, 3.05) is 20.3 Å². The molecule has 31 heavy (non-hydrogen) atoms. The second-order valence-electron chi connectivity index (χ2n) is 8.18. The van der Waals surface area contributed by atoms with Gasteiger partial charge in [0.1, 0.15) is 31.2 Å². The van der Waals surface area contributed by atoms with Crippen molar-refractivity contribution >= 4 is 17.1 Å². The molecular formula is C21H25N8O2+. The van der Waals surface area contributed by atoms with Crippen molar-refractivity contribution in [2.45, 2.75) is 33.2 Å². The molecule has 0 bridgehead atoms. The summed E-state index contributed by atoms with van der Waals surface area (Å²) in [6.45, 7) is 5.58. The SMILES string of the molecule is CCn1c(-c2cnc(C)nc2)nc2c(O[N+]3(C)C=CCN(C(=O)C4CC4)C3)ncnc21. The number of amides is 1. The number of rotatable bonds is 5. The second-order valence-corrected chi connectivity index (χ2v) is 8.18. The number of hydrogen-bond acceptors (Lipinski definition) is 7. The van der Waals surface area contributed by atoms with Gasteiger partial charge in [-0.25, -0.2) is 19.9 Å². The number of hydroxylamine groups is 3. The van der Waals surface area contributed by atoms with Crippen LogP contribution < -0.4 is 4.84 Å². The maximum absolute atomic E-state index is 12.6. The molecule has 0 radical (unpaired) electrons. The van der Waals surface area contributed by atoms with Crippen molar-refractivity contribution in [2.24, 2.45) is 5.92 Å². The highest BCUT2D eigenvalue weighted by atomic mass is 16.7. The van der Waals surface area contributed by atoms with Crippen LogP contribution in [0.3, 0.4) is 0 Å². The van der Waals surface area contributed by atoms with E-state index in [2.05, 4.69) is 19.9 Å². The monoisotopic (exact) mass is 421 g/mol. The quantitative estimate of drug-likeness (QED) is 0.582. The van der Waals surface area contributed by atoms with E-state index in [-0.39, 0.29) is 16.5 Å². The maximum atomic E-state index is 12.6. The van der Waals surface area contributed by atoms with Gasteiger partial charge in [0, 0.05) is 31.4 Å². The molecule has 10 heteroatoms. The van der Waals surface area contributed by atoms with Crippen molar-refractivity contribution in [1.29, 1.82) is 0 Å². The lowest BCUT2D eigenvalue weighted by atomic mass is 10.3. The fourth-order valence-corrected chi connectivity index (χ4v) is 3.86. The third-order valence-electron chi connectivity index (χ3n) is 5.59. The van der Waals surface area contributed by atoms with Crippen molar-refractivity contribution in [3.05, 3.63) is 36.8 Å². The summed E-state index contributed by atoms with van der Waals surface area (Å²) in [5, 5.41) is 0. The van der Waals surface area contributed by atoms with Gasteiger partial charge in [0.2, 0.25) is 5.91 Å². The van der Waals surface area contributed by atoms with E-state index in [1.165, 1.54) is 6.33 Å². The number of aromatic nitrogens is 6. The first-order valence-corrected chi connectivity index (χ1v) is 10.5. The molecule has 1 fully saturated rings. The van der Waals surface area contributed by atoms with E-state index in [0.717, 1.165) is 18.4 Å². The van der Waals surface area contributed by atoms with Crippen molar-refractivity contribution in [3.63, 3.8) is 0 Å². The smallest absolute Gasteiger partial charge is 0.309 e. The van der Waals surface area contributed by atoms with Gasteiger partial charge in [-0.2, -0.15) is 4.98 Å². The van der Waals surface area contributed by atoms with Crippen LogP contribution in [0.15, 0.2) is 31.0 Å². The summed E-state index contributed by atoms with van der Waals surface area (Å²) in [6.07, 6.45) is 10.9. The van der Waals surface area contributed by atoms with Gasteiger partial charge in [0.05, 0.1) is 5.56 Å². The Balaban J connectivity index is 1.50. The zero-order chi connectivity index (χ0) is 21.6. The van der Waals surface area contributed by atoms with Crippen LogP contribution in [0.4, 0.5) is 0 Å². The first kappa shape index (κ1) is 19.6. The summed E-state index contributed by atoms with van der Waals surface area (Å²) in [7, 11) is 1.91. The van der Waals surface area contributed by atoms with Crippen LogP contribution >= 0.6 is 0 Å². The van der Waals surface area contributed by atoms with Gasteiger partial charge in [0.15, 0.2) is 17.8 Å². The number of imidazole rings is 1. The molecule has 1 unspecified atom stereocenters. The first-order chi connectivity index (χ1) is 15.0. The minimum atomic E-state index is 0.0759. The topological polar surface area (TPSA) is 98.9 Å². The van der Waals surface area contributed by atoms with Crippen LogP contribution in [0.2, 0.25) is 0 Å². The second kappa shape index (κ2) is 7.38. The van der Waals surface area contributed by atoms with Crippen LogP contribution in [0.5, 0.6) is 5.88 Å². The van der Waals surface area contributed by atoms with E-state index in [1.54, 1.807) is 12.4 Å². The Morgan fingerprint density at radius 3 is 2.71 bits per heavy atom. The number of hydrogen-bond donors (Lipinski definition) is 0. The minimum Gasteiger partial charge on any atom is -0.309 e. The third-order valence-corrected chi connectivity index (χ3v) is 5.59. The lowest BCUT2D eigenvalue weighted by Gasteiger charge is -2.35. The molecule has 0 N–H and O–H groups in total. The molecule has 0 saturated heterocycles. The highest BCUT2D eigenvalue weighted by Gasteiger charge is 2.39. The normalized spacial score (nSPS) is 20.9. The molecule has 3 aromatic rings. The van der Waals surface area contributed by atoms with E-state index in [4.69, 9.17) is 9.82 Å². The lowest BCUT2D eigenvalue weighted by molar-refractivity contribution is -1.03. The van der Waals surface area contributed by atoms with Gasteiger partial charge in [-0.15, -0.1) is 0 Å². The molecule has 5 rings (SSSR count). The van der Waals surface area contributed by atoms with E-state index < -0.39 is 0 Å². The predicted molar refractivity (Wildman–Crippen MR) is 112 cm³/mol. The molecular weight excluding hydrogens is 396 g/mol. The van der Waals surface area contributed by atoms with Gasteiger partial charge in [-0.05, 0) is 32.8 Å². The molecule has 160 valence electrons. The largest absolute Gasteiger partial charge is 0.313 e. The van der Waals surface area contributed by atoms with Crippen LogP contribution in [0, 0.1) is 12.8 Å². The molecule has 0 aromatic carbocycles. The summed E-state index contributed by atoms with van der Waals surface area (Å²) in [6, 6.07) is 0. The van der Waals surface area contributed by atoms with E-state index in [0.29, 0.717) is 48.5 Å². The molecule has 10 nitrogen and oxygen atoms in total.